The first-order valence-electron chi connectivity index (χ1n) is 9.70. The average molecular weight is 401 g/mol. The summed E-state index contributed by atoms with van der Waals surface area (Å²) in [6.07, 6.45) is 7.26. The molecule has 0 fully saturated rings. The molecule has 0 saturated heterocycles. The number of halogens is 1. The highest BCUT2D eigenvalue weighted by Crippen LogP contribution is 2.24. The van der Waals surface area contributed by atoms with Crippen LogP contribution in [0.25, 0.3) is 10.9 Å². The smallest absolute Gasteiger partial charge is 0.305 e. The standard InChI is InChI=1S/C21H23FN2O3.CH5N/c1-14-7-12-17-18(13-14)23-19(5-3-4-6-20(25)27-2)24(21(17)26)16-10-8-15(22)9-11-16;1-2/h7-10,12-13,16H,3-6,11H2,1-2H3;2H2,1H3. The molecule has 1 aliphatic carbocycles. The lowest BCUT2D eigenvalue weighted by atomic mass is 10.1. The highest BCUT2D eigenvalue weighted by Gasteiger charge is 2.19. The normalized spacial score (nSPS) is 15.5. The lowest BCUT2D eigenvalue weighted by molar-refractivity contribution is -0.140. The maximum absolute atomic E-state index is 13.4. The van der Waals surface area contributed by atoms with Crippen molar-refractivity contribution in [2.45, 2.75) is 45.1 Å². The molecule has 1 aliphatic rings. The van der Waals surface area contributed by atoms with E-state index in [2.05, 4.69) is 10.5 Å². The second kappa shape index (κ2) is 10.7. The Morgan fingerprint density at radius 1 is 1.34 bits per heavy atom. The second-order valence-electron chi connectivity index (χ2n) is 6.76. The maximum atomic E-state index is 13.4. The molecule has 29 heavy (non-hydrogen) atoms. The minimum Gasteiger partial charge on any atom is -0.469 e. The number of allylic oxidation sites excluding steroid dienone is 4. The molecule has 1 unspecified atom stereocenters. The molecule has 3 rings (SSSR count). The van der Waals surface area contributed by atoms with Gasteiger partial charge in [0.05, 0.1) is 24.1 Å². The Morgan fingerprint density at radius 3 is 2.76 bits per heavy atom. The van der Waals surface area contributed by atoms with Gasteiger partial charge in [0.15, 0.2) is 0 Å². The number of nitrogens with two attached hydrogens (primary N) is 1. The Hall–Kier alpha value is -2.80. The van der Waals surface area contributed by atoms with Crippen LogP contribution in [0.5, 0.6) is 0 Å². The van der Waals surface area contributed by atoms with E-state index in [-0.39, 0.29) is 23.4 Å². The van der Waals surface area contributed by atoms with Gasteiger partial charge in [0, 0.05) is 12.8 Å². The number of aromatic nitrogens is 2. The van der Waals surface area contributed by atoms with E-state index in [9.17, 15) is 14.0 Å². The predicted molar refractivity (Wildman–Crippen MR) is 112 cm³/mol. The number of methoxy groups -OCH3 is 1. The Bertz CT molecular complexity index is 979. The molecule has 1 heterocycles. The number of fused-ring (bicyclic) bond motifs is 1. The Morgan fingerprint density at radius 2 is 2.10 bits per heavy atom. The van der Waals surface area contributed by atoms with Gasteiger partial charge in [-0.05, 0) is 63.1 Å². The summed E-state index contributed by atoms with van der Waals surface area (Å²) in [4.78, 5) is 29.1. The van der Waals surface area contributed by atoms with Gasteiger partial charge < -0.3 is 10.5 Å². The van der Waals surface area contributed by atoms with Crippen LogP contribution in [-0.2, 0) is 16.0 Å². The van der Waals surface area contributed by atoms with Crippen LogP contribution in [0.1, 0.15) is 43.1 Å². The number of unbranched alkanes of at least 4 members (excludes halogenated alkanes) is 1. The zero-order chi connectivity index (χ0) is 21.4. The third kappa shape index (κ3) is 5.60. The SMILES string of the molecule is CN.COC(=O)CCCCc1nc2cc(C)ccc2c(=O)n1C1C=CC(F)=CC1. The van der Waals surface area contributed by atoms with Crippen LogP contribution in [0.15, 0.2) is 47.0 Å². The van der Waals surface area contributed by atoms with Crippen molar-refractivity contribution in [1.82, 2.24) is 9.55 Å². The fourth-order valence-electron chi connectivity index (χ4n) is 3.30. The number of esters is 1. The van der Waals surface area contributed by atoms with Crippen molar-refractivity contribution in [3.05, 3.63) is 64.0 Å². The first-order valence-corrected chi connectivity index (χ1v) is 9.70. The van der Waals surface area contributed by atoms with Crippen LogP contribution >= 0.6 is 0 Å². The second-order valence-corrected chi connectivity index (χ2v) is 6.76. The van der Waals surface area contributed by atoms with Gasteiger partial charge in [0.2, 0.25) is 0 Å². The number of nitrogens with zero attached hydrogens (tertiary/aromatic N) is 2. The van der Waals surface area contributed by atoms with E-state index in [4.69, 9.17) is 4.98 Å². The van der Waals surface area contributed by atoms with Gasteiger partial charge in [0.1, 0.15) is 11.7 Å². The summed E-state index contributed by atoms with van der Waals surface area (Å²) >= 11 is 0. The third-order valence-corrected chi connectivity index (χ3v) is 4.75. The lowest BCUT2D eigenvalue weighted by Gasteiger charge is -2.21. The van der Waals surface area contributed by atoms with Gasteiger partial charge in [-0.25, -0.2) is 9.37 Å². The number of benzene rings is 1. The quantitative estimate of drug-likeness (QED) is 0.591. The zero-order valence-corrected chi connectivity index (χ0v) is 17.2. The Balaban J connectivity index is 0.00000145. The van der Waals surface area contributed by atoms with E-state index in [1.165, 1.54) is 26.3 Å². The minimum absolute atomic E-state index is 0.117. The summed E-state index contributed by atoms with van der Waals surface area (Å²) < 4.78 is 19.7. The van der Waals surface area contributed by atoms with E-state index >= 15 is 0 Å². The van der Waals surface area contributed by atoms with E-state index in [1.807, 2.05) is 19.1 Å². The van der Waals surface area contributed by atoms with Crippen molar-refractivity contribution >= 4 is 16.9 Å². The molecular formula is C22H28FN3O3. The van der Waals surface area contributed by atoms with Gasteiger partial charge in [0.25, 0.3) is 5.56 Å². The molecule has 0 amide bonds. The molecule has 0 radical (unpaired) electrons. The third-order valence-electron chi connectivity index (χ3n) is 4.75. The van der Waals surface area contributed by atoms with Crippen LogP contribution in [0.3, 0.4) is 0 Å². The predicted octanol–water partition coefficient (Wildman–Crippen LogP) is 3.52. The number of hydrogen-bond acceptors (Lipinski definition) is 5. The molecule has 156 valence electrons. The van der Waals surface area contributed by atoms with Crippen LogP contribution < -0.4 is 11.3 Å². The van der Waals surface area contributed by atoms with Crippen molar-refractivity contribution in [2.24, 2.45) is 5.73 Å². The number of rotatable bonds is 6. The first-order chi connectivity index (χ1) is 14.0. The van der Waals surface area contributed by atoms with Gasteiger partial charge in [-0.1, -0.05) is 12.1 Å². The molecule has 0 saturated carbocycles. The Kier molecular flexibility index (Phi) is 8.27. The van der Waals surface area contributed by atoms with Gasteiger partial charge in [-0.15, -0.1) is 0 Å². The van der Waals surface area contributed by atoms with E-state index in [0.29, 0.717) is 48.8 Å². The summed E-state index contributed by atoms with van der Waals surface area (Å²) in [5.41, 5.74) is 6.08. The van der Waals surface area contributed by atoms with E-state index in [1.54, 1.807) is 16.7 Å². The monoisotopic (exact) mass is 401 g/mol. The van der Waals surface area contributed by atoms with Crippen LogP contribution in [0, 0.1) is 6.92 Å². The molecule has 2 aromatic rings. The van der Waals surface area contributed by atoms with Crippen molar-refractivity contribution in [3.8, 4) is 0 Å². The molecule has 6 nitrogen and oxygen atoms in total. The summed E-state index contributed by atoms with van der Waals surface area (Å²) in [5.74, 6) is 0.127. The maximum Gasteiger partial charge on any atom is 0.305 e. The molecule has 1 aromatic heterocycles. The van der Waals surface area contributed by atoms with Crippen LogP contribution in [0.4, 0.5) is 4.39 Å². The minimum atomic E-state index is -0.289. The Labute approximate surface area is 169 Å². The number of aryl methyl sites for hydroxylation is 2. The number of ether oxygens (including phenoxy) is 1. The molecule has 2 N–H and O–H groups in total. The van der Waals surface area contributed by atoms with Crippen LogP contribution in [-0.4, -0.2) is 29.7 Å². The summed E-state index contributed by atoms with van der Waals surface area (Å²) in [5, 5.41) is 0.558. The van der Waals surface area contributed by atoms with Gasteiger partial charge in [-0.3, -0.25) is 14.2 Å². The van der Waals surface area contributed by atoms with Crippen molar-refractivity contribution in [1.29, 1.82) is 0 Å². The van der Waals surface area contributed by atoms with Crippen molar-refractivity contribution in [2.75, 3.05) is 14.2 Å². The highest BCUT2D eigenvalue weighted by molar-refractivity contribution is 5.78. The van der Waals surface area contributed by atoms with E-state index in [0.717, 1.165) is 5.56 Å². The number of carbonyl (C=O) groups is 1. The highest BCUT2D eigenvalue weighted by atomic mass is 19.1. The number of carbonyl (C=O) groups excluding carboxylic acids is 1. The summed E-state index contributed by atoms with van der Waals surface area (Å²) in [6.45, 7) is 1.96. The molecule has 0 spiro atoms. The molecule has 1 atom stereocenters. The molecule has 0 bridgehead atoms. The van der Waals surface area contributed by atoms with Gasteiger partial charge >= 0.3 is 5.97 Å². The zero-order valence-electron chi connectivity index (χ0n) is 17.2. The lowest BCUT2D eigenvalue weighted by Crippen LogP contribution is -2.29. The van der Waals surface area contributed by atoms with Crippen molar-refractivity contribution in [3.63, 3.8) is 0 Å². The molecule has 0 aliphatic heterocycles. The largest absolute Gasteiger partial charge is 0.469 e. The molecular weight excluding hydrogens is 373 g/mol. The average Bonchev–Trinajstić information content (AvgIpc) is 2.73. The fourth-order valence-corrected chi connectivity index (χ4v) is 3.30. The molecule has 7 heteroatoms. The summed E-state index contributed by atoms with van der Waals surface area (Å²) in [7, 11) is 2.87. The fraction of sp³-hybridized carbons (Fsp3) is 0.409. The number of hydrogen-bond donors (Lipinski definition) is 1. The summed E-state index contributed by atoms with van der Waals surface area (Å²) in [6, 6.07) is 5.32. The van der Waals surface area contributed by atoms with Gasteiger partial charge in [-0.2, -0.15) is 0 Å². The van der Waals surface area contributed by atoms with Crippen LogP contribution in [0.2, 0.25) is 0 Å². The van der Waals surface area contributed by atoms with E-state index < -0.39 is 0 Å². The molecule has 1 aromatic carbocycles. The first kappa shape index (κ1) is 22.5. The van der Waals surface area contributed by atoms with Crippen molar-refractivity contribution < 1.29 is 13.9 Å². The topological polar surface area (TPSA) is 87.2 Å².